The van der Waals surface area contributed by atoms with Gasteiger partial charge in [0, 0.05) is 31.4 Å². The van der Waals surface area contributed by atoms with Crippen LogP contribution >= 0.6 is 0 Å². The van der Waals surface area contributed by atoms with Gasteiger partial charge in [0.25, 0.3) is 0 Å². The molecular formula is C26H27N3O6. The second-order valence-corrected chi connectivity index (χ2v) is 8.10. The molecular weight excluding hydrogens is 450 g/mol. The molecule has 0 fully saturated rings. The van der Waals surface area contributed by atoms with E-state index in [2.05, 4.69) is 10.3 Å². The molecule has 9 nitrogen and oxygen atoms in total. The fraction of sp³-hybridized carbons (Fsp3) is 0.308. The number of aromatic nitrogens is 2. The lowest BCUT2D eigenvalue weighted by atomic mass is 9.97. The van der Waals surface area contributed by atoms with Gasteiger partial charge in [-0.05, 0) is 42.3 Å². The van der Waals surface area contributed by atoms with E-state index in [1.165, 1.54) is 0 Å². The Balaban J connectivity index is 1.26. The maximum Gasteiger partial charge on any atom is 0.351 e. The molecule has 1 N–H and O–H groups in total. The molecule has 0 spiro atoms. The van der Waals surface area contributed by atoms with Gasteiger partial charge in [0.1, 0.15) is 32.2 Å². The zero-order chi connectivity index (χ0) is 24.0. The van der Waals surface area contributed by atoms with Gasteiger partial charge in [-0.25, -0.2) is 4.79 Å². The Morgan fingerprint density at radius 3 is 2.91 bits per heavy atom. The molecule has 35 heavy (non-hydrogen) atoms. The predicted molar refractivity (Wildman–Crippen MR) is 129 cm³/mol. The summed E-state index contributed by atoms with van der Waals surface area (Å²) in [4.78, 5) is 16.8. The van der Waals surface area contributed by atoms with E-state index in [9.17, 15) is 4.79 Å². The fourth-order valence-electron chi connectivity index (χ4n) is 4.06. The van der Waals surface area contributed by atoms with Gasteiger partial charge >= 0.3 is 5.69 Å². The highest BCUT2D eigenvalue weighted by Crippen LogP contribution is 2.33. The van der Waals surface area contributed by atoms with Crippen molar-refractivity contribution in [3.63, 3.8) is 0 Å². The third-order valence-corrected chi connectivity index (χ3v) is 5.73. The molecule has 3 heterocycles. The van der Waals surface area contributed by atoms with E-state index in [1.807, 2.05) is 42.5 Å². The predicted octanol–water partition coefficient (Wildman–Crippen LogP) is 2.77. The van der Waals surface area contributed by atoms with Crippen molar-refractivity contribution >= 4 is 0 Å². The molecule has 0 amide bonds. The molecule has 2 aromatic carbocycles. The van der Waals surface area contributed by atoms with Crippen LogP contribution in [0, 0.1) is 0 Å². The number of para-hydroxylation sites is 2. The van der Waals surface area contributed by atoms with Gasteiger partial charge < -0.3 is 29.0 Å². The molecule has 1 atom stereocenters. The summed E-state index contributed by atoms with van der Waals surface area (Å²) in [5.41, 5.74) is 2.52. The van der Waals surface area contributed by atoms with Crippen molar-refractivity contribution < 1.29 is 23.7 Å². The largest absolute Gasteiger partial charge is 0.496 e. The molecule has 1 aromatic heterocycles. The average molecular weight is 478 g/mol. The number of rotatable bonds is 9. The lowest BCUT2D eigenvalue weighted by Gasteiger charge is -2.26. The number of nitrogens with zero attached hydrogens (tertiary/aromatic N) is 2. The van der Waals surface area contributed by atoms with Crippen molar-refractivity contribution in [1.82, 2.24) is 14.9 Å². The third-order valence-electron chi connectivity index (χ3n) is 5.73. The molecule has 1 unspecified atom stereocenters. The minimum Gasteiger partial charge on any atom is -0.496 e. The number of hydrogen-bond donors (Lipinski definition) is 1. The zero-order valence-corrected chi connectivity index (χ0v) is 19.4. The molecule has 0 bridgehead atoms. The van der Waals surface area contributed by atoms with Gasteiger partial charge in [-0.15, -0.1) is 0 Å². The lowest BCUT2D eigenvalue weighted by molar-refractivity contribution is 0.0520. The summed E-state index contributed by atoms with van der Waals surface area (Å²) in [5, 5.41) is 2.86. The van der Waals surface area contributed by atoms with Crippen LogP contribution in [0.15, 0.2) is 65.8 Å². The number of fused-ring (bicyclic) bond motifs is 4. The molecule has 0 saturated heterocycles. The third kappa shape index (κ3) is 5.18. The van der Waals surface area contributed by atoms with E-state index in [0.717, 1.165) is 29.0 Å². The minimum absolute atomic E-state index is 0.218. The summed E-state index contributed by atoms with van der Waals surface area (Å²) in [6.07, 6.45) is 3.72. The van der Waals surface area contributed by atoms with Crippen LogP contribution < -0.4 is 30.0 Å². The van der Waals surface area contributed by atoms with Crippen LogP contribution in [-0.2, 0) is 17.7 Å². The SMILES string of the molecule is CN/C=C\OCCOc1ccc2c(c1)CCn1c-2cc(OCC2COc3ccccc3O2)nc1=O. The van der Waals surface area contributed by atoms with E-state index >= 15 is 0 Å². The first-order valence-corrected chi connectivity index (χ1v) is 11.5. The average Bonchev–Trinajstić information content (AvgIpc) is 2.89. The van der Waals surface area contributed by atoms with E-state index in [0.29, 0.717) is 37.9 Å². The van der Waals surface area contributed by atoms with Crippen molar-refractivity contribution in [1.29, 1.82) is 0 Å². The van der Waals surface area contributed by atoms with Gasteiger partial charge in [0.05, 0.1) is 12.0 Å². The highest BCUT2D eigenvalue weighted by molar-refractivity contribution is 5.67. The van der Waals surface area contributed by atoms with Gasteiger partial charge in [0.15, 0.2) is 17.6 Å². The standard InChI is InChI=1S/C26H27N3O6/c1-27-9-11-31-12-13-32-19-6-7-21-18(14-19)8-10-29-22(21)15-25(28-26(29)30)34-17-20-16-33-23-4-2-3-5-24(23)35-20/h2-7,9,11,14-15,20,27H,8,10,12-13,16-17H2,1H3/b11-9-. The summed E-state index contributed by atoms with van der Waals surface area (Å²) in [5.74, 6) is 2.43. The van der Waals surface area contributed by atoms with Crippen molar-refractivity contribution in [2.24, 2.45) is 0 Å². The molecule has 0 radical (unpaired) electrons. The number of aryl methyl sites for hydroxylation is 1. The Bertz CT molecular complexity index is 1270. The highest BCUT2D eigenvalue weighted by atomic mass is 16.6. The van der Waals surface area contributed by atoms with Gasteiger partial charge in [-0.3, -0.25) is 4.57 Å². The van der Waals surface area contributed by atoms with Crippen molar-refractivity contribution in [3.8, 4) is 34.4 Å². The molecule has 0 aliphatic carbocycles. The van der Waals surface area contributed by atoms with Crippen LogP contribution in [0.5, 0.6) is 23.1 Å². The van der Waals surface area contributed by atoms with Crippen LogP contribution in [0.1, 0.15) is 5.56 Å². The van der Waals surface area contributed by atoms with Gasteiger partial charge in [0.2, 0.25) is 5.88 Å². The van der Waals surface area contributed by atoms with E-state index < -0.39 is 0 Å². The molecule has 2 aliphatic heterocycles. The van der Waals surface area contributed by atoms with Crippen LogP contribution in [0.2, 0.25) is 0 Å². The summed E-state index contributed by atoms with van der Waals surface area (Å²) < 4.78 is 30.3. The molecule has 3 aromatic rings. The molecule has 5 rings (SSSR count). The van der Waals surface area contributed by atoms with E-state index in [-0.39, 0.29) is 24.3 Å². The highest BCUT2D eigenvalue weighted by Gasteiger charge is 2.23. The summed E-state index contributed by atoms with van der Waals surface area (Å²) in [7, 11) is 1.81. The summed E-state index contributed by atoms with van der Waals surface area (Å²) >= 11 is 0. The lowest BCUT2D eigenvalue weighted by Crippen LogP contribution is -2.35. The smallest absolute Gasteiger partial charge is 0.351 e. The Labute approximate surface area is 202 Å². The van der Waals surface area contributed by atoms with Gasteiger partial charge in [-0.2, -0.15) is 4.98 Å². The van der Waals surface area contributed by atoms with E-state index in [1.54, 1.807) is 30.1 Å². The normalized spacial score (nSPS) is 15.7. The fourth-order valence-corrected chi connectivity index (χ4v) is 4.06. The topological polar surface area (TPSA) is 93.1 Å². The second-order valence-electron chi connectivity index (χ2n) is 8.10. The number of ether oxygens (including phenoxy) is 5. The summed E-state index contributed by atoms with van der Waals surface area (Å²) in [6, 6.07) is 15.2. The Hall–Kier alpha value is -4.14. The zero-order valence-electron chi connectivity index (χ0n) is 19.4. The number of nitrogens with one attached hydrogen (secondary N) is 1. The summed E-state index contributed by atoms with van der Waals surface area (Å²) in [6.45, 7) is 2.01. The number of hydrogen-bond acceptors (Lipinski definition) is 8. The van der Waals surface area contributed by atoms with Gasteiger partial charge in [-0.1, -0.05) is 12.1 Å². The van der Waals surface area contributed by atoms with Crippen molar-refractivity contribution in [2.75, 3.05) is 33.5 Å². The number of benzene rings is 2. The van der Waals surface area contributed by atoms with Crippen LogP contribution in [0.25, 0.3) is 11.3 Å². The quantitative estimate of drug-likeness (QED) is 0.372. The monoisotopic (exact) mass is 477 g/mol. The van der Waals surface area contributed by atoms with Crippen LogP contribution in [-0.4, -0.2) is 49.1 Å². The van der Waals surface area contributed by atoms with E-state index in [4.69, 9.17) is 23.7 Å². The maximum absolute atomic E-state index is 12.7. The minimum atomic E-state index is -0.332. The first-order chi connectivity index (χ1) is 17.2. The van der Waals surface area contributed by atoms with Crippen molar-refractivity contribution in [2.45, 2.75) is 19.1 Å². The Kier molecular flexibility index (Phi) is 6.74. The molecule has 0 saturated carbocycles. The van der Waals surface area contributed by atoms with Crippen LogP contribution in [0.3, 0.4) is 0 Å². The molecule has 9 heteroatoms. The Morgan fingerprint density at radius 2 is 2.03 bits per heavy atom. The molecule has 182 valence electrons. The van der Waals surface area contributed by atoms with Crippen LogP contribution in [0.4, 0.5) is 0 Å². The maximum atomic E-state index is 12.7. The first kappa shape index (κ1) is 22.6. The second kappa shape index (κ2) is 10.4. The molecule has 2 aliphatic rings. The van der Waals surface area contributed by atoms with Crippen molar-refractivity contribution in [3.05, 3.63) is 77.0 Å². The Morgan fingerprint density at radius 1 is 1.14 bits per heavy atom. The first-order valence-electron chi connectivity index (χ1n) is 11.5.